The van der Waals surface area contributed by atoms with Gasteiger partial charge in [-0.25, -0.2) is 0 Å². The third-order valence-corrected chi connectivity index (χ3v) is 6.64. The van der Waals surface area contributed by atoms with Crippen LogP contribution in [0.3, 0.4) is 0 Å². The third-order valence-electron chi connectivity index (χ3n) is 4.91. The molecule has 2 heterocycles. The first kappa shape index (κ1) is 21.7. The number of amides is 2. The number of thiophene rings is 1. The van der Waals surface area contributed by atoms with Crippen LogP contribution < -0.4 is 15.4 Å². The minimum atomic E-state index is -0.371. The topological polar surface area (TPSA) is 80.6 Å². The molecule has 0 bridgehead atoms. The lowest BCUT2D eigenvalue weighted by Gasteiger charge is -2.13. The lowest BCUT2D eigenvalue weighted by Crippen LogP contribution is -2.26. The maximum absolute atomic E-state index is 13.0. The number of furan rings is 1. The molecule has 2 aromatic heterocycles. The number of anilines is 1. The molecule has 4 rings (SSSR count). The summed E-state index contributed by atoms with van der Waals surface area (Å²) in [5.41, 5.74) is 1.55. The largest absolute Gasteiger partial charge is 0.482 e. The highest BCUT2D eigenvalue weighted by Crippen LogP contribution is 2.38. The van der Waals surface area contributed by atoms with Gasteiger partial charge in [-0.3, -0.25) is 9.59 Å². The van der Waals surface area contributed by atoms with Gasteiger partial charge in [0.25, 0.3) is 11.8 Å². The Morgan fingerprint density at radius 2 is 2.00 bits per heavy atom. The summed E-state index contributed by atoms with van der Waals surface area (Å²) in [6.45, 7) is 0.0411. The van der Waals surface area contributed by atoms with Crippen molar-refractivity contribution < 1.29 is 18.7 Å². The average molecular weight is 479 g/mol. The second kappa shape index (κ2) is 9.77. The molecule has 3 aromatic rings. The van der Waals surface area contributed by atoms with Crippen LogP contribution in [0, 0.1) is 0 Å². The number of rotatable bonds is 7. The van der Waals surface area contributed by atoms with Crippen molar-refractivity contribution in [2.24, 2.45) is 0 Å². The molecule has 9 heteroatoms. The zero-order valence-electron chi connectivity index (χ0n) is 16.5. The highest BCUT2D eigenvalue weighted by Gasteiger charge is 2.26. The smallest absolute Gasteiger partial charge is 0.262 e. The van der Waals surface area contributed by atoms with Crippen molar-refractivity contribution in [1.82, 2.24) is 5.32 Å². The Morgan fingerprint density at radius 1 is 1.16 bits per heavy atom. The van der Waals surface area contributed by atoms with Crippen LogP contribution in [-0.4, -0.2) is 18.4 Å². The Morgan fingerprint density at radius 3 is 2.77 bits per heavy atom. The standard InChI is InChI=1S/C22H20Cl2N2O4S/c23-13-7-8-17(16(24)10-13)30-12-19(27)26-22-20(15-5-1-2-6-18(15)31-22)21(28)25-11-14-4-3-9-29-14/h3-4,7-10H,1-2,5-6,11-12H2,(H,25,28)(H,26,27). The fraction of sp³-hybridized carbons (Fsp3) is 0.273. The summed E-state index contributed by atoms with van der Waals surface area (Å²) in [4.78, 5) is 26.7. The van der Waals surface area contributed by atoms with Crippen molar-refractivity contribution in [3.05, 3.63) is 68.4 Å². The highest BCUT2D eigenvalue weighted by molar-refractivity contribution is 7.17. The Labute approximate surface area is 193 Å². The van der Waals surface area contributed by atoms with Gasteiger partial charge in [0.15, 0.2) is 6.61 Å². The van der Waals surface area contributed by atoms with Gasteiger partial charge < -0.3 is 19.8 Å². The van der Waals surface area contributed by atoms with Crippen LogP contribution in [-0.2, 0) is 24.2 Å². The van der Waals surface area contributed by atoms with Crippen molar-refractivity contribution in [3.8, 4) is 5.75 Å². The van der Waals surface area contributed by atoms with Crippen molar-refractivity contribution in [1.29, 1.82) is 0 Å². The van der Waals surface area contributed by atoms with Gasteiger partial charge in [0.05, 0.1) is 23.4 Å². The molecule has 2 N–H and O–H groups in total. The fourth-order valence-electron chi connectivity index (χ4n) is 3.46. The van der Waals surface area contributed by atoms with Crippen molar-refractivity contribution in [2.75, 3.05) is 11.9 Å². The van der Waals surface area contributed by atoms with Crippen LogP contribution in [0.25, 0.3) is 0 Å². The van der Waals surface area contributed by atoms with Gasteiger partial charge in [-0.05, 0) is 61.6 Å². The van der Waals surface area contributed by atoms with Crippen molar-refractivity contribution in [3.63, 3.8) is 0 Å². The molecule has 0 spiro atoms. The van der Waals surface area contributed by atoms with Crippen LogP contribution in [0.2, 0.25) is 10.0 Å². The molecule has 31 heavy (non-hydrogen) atoms. The van der Waals surface area contributed by atoms with E-state index in [0.717, 1.165) is 36.1 Å². The number of nitrogens with one attached hydrogen (secondary N) is 2. The van der Waals surface area contributed by atoms with Gasteiger partial charge in [-0.15, -0.1) is 11.3 Å². The van der Waals surface area contributed by atoms with Gasteiger partial charge in [0.1, 0.15) is 16.5 Å². The van der Waals surface area contributed by atoms with E-state index >= 15 is 0 Å². The Balaban J connectivity index is 1.47. The van der Waals surface area contributed by atoms with E-state index in [1.54, 1.807) is 36.6 Å². The first-order valence-corrected chi connectivity index (χ1v) is 11.4. The number of carbonyl (C=O) groups excluding carboxylic acids is 2. The quantitative estimate of drug-likeness (QED) is 0.471. The van der Waals surface area contributed by atoms with E-state index in [9.17, 15) is 9.59 Å². The molecule has 1 aliphatic carbocycles. The lowest BCUT2D eigenvalue weighted by atomic mass is 9.95. The molecule has 2 amide bonds. The van der Waals surface area contributed by atoms with E-state index in [1.165, 1.54) is 11.3 Å². The summed E-state index contributed by atoms with van der Waals surface area (Å²) < 4.78 is 10.8. The summed E-state index contributed by atoms with van der Waals surface area (Å²) in [5.74, 6) is 0.428. The predicted molar refractivity (Wildman–Crippen MR) is 121 cm³/mol. The molecule has 1 aliphatic rings. The lowest BCUT2D eigenvalue weighted by molar-refractivity contribution is -0.118. The third kappa shape index (κ3) is 5.23. The molecule has 0 aliphatic heterocycles. The number of hydrogen-bond acceptors (Lipinski definition) is 5. The van der Waals surface area contributed by atoms with Gasteiger partial charge in [0, 0.05) is 9.90 Å². The molecule has 0 radical (unpaired) electrons. The van der Waals surface area contributed by atoms with Crippen molar-refractivity contribution >= 4 is 51.4 Å². The highest BCUT2D eigenvalue weighted by atomic mass is 35.5. The maximum atomic E-state index is 13.0. The Kier molecular flexibility index (Phi) is 6.85. The molecular weight excluding hydrogens is 459 g/mol. The number of benzene rings is 1. The van der Waals surface area contributed by atoms with Gasteiger partial charge in [-0.2, -0.15) is 0 Å². The Bertz CT molecular complexity index is 1100. The number of aryl methyl sites for hydroxylation is 1. The zero-order chi connectivity index (χ0) is 21.8. The van der Waals surface area contributed by atoms with Crippen LogP contribution in [0.1, 0.15) is 39.4 Å². The fourth-order valence-corrected chi connectivity index (χ4v) is 5.23. The molecule has 0 unspecified atom stereocenters. The molecular formula is C22H20Cl2N2O4S. The first-order chi connectivity index (χ1) is 15.0. The molecule has 0 saturated heterocycles. The molecule has 0 saturated carbocycles. The number of halogens is 2. The van der Waals surface area contributed by atoms with E-state index < -0.39 is 0 Å². The van der Waals surface area contributed by atoms with E-state index in [1.807, 2.05) is 0 Å². The van der Waals surface area contributed by atoms with Crippen LogP contribution >= 0.6 is 34.5 Å². The normalized spacial score (nSPS) is 12.8. The van der Waals surface area contributed by atoms with Crippen LogP contribution in [0.15, 0.2) is 41.0 Å². The van der Waals surface area contributed by atoms with E-state index in [4.69, 9.17) is 32.4 Å². The summed E-state index contributed by atoms with van der Waals surface area (Å²) in [6, 6.07) is 8.35. The minimum absolute atomic E-state index is 0.229. The maximum Gasteiger partial charge on any atom is 0.262 e. The van der Waals surface area contributed by atoms with Gasteiger partial charge >= 0.3 is 0 Å². The summed E-state index contributed by atoms with van der Waals surface area (Å²) >= 11 is 13.4. The molecule has 1 aromatic carbocycles. The molecule has 6 nitrogen and oxygen atoms in total. The summed E-state index contributed by atoms with van der Waals surface area (Å²) in [5, 5.41) is 7.08. The number of carbonyl (C=O) groups is 2. The van der Waals surface area contributed by atoms with Gasteiger partial charge in [0.2, 0.25) is 0 Å². The predicted octanol–water partition coefficient (Wildman–Crippen LogP) is 5.47. The summed E-state index contributed by atoms with van der Waals surface area (Å²) in [6.07, 6.45) is 5.39. The zero-order valence-corrected chi connectivity index (χ0v) is 18.8. The van der Waals surface area contributed by atoms with Crippen LogP contribution in [0.5, 0.6) is 5.75 Å². The molecule has 0 atom stereocenters. The monoisotopic (exact) mass is 478 g/mol. The van der Waals surface area contributed by atoms with Gasteiger partial charge in [-0.1, -0.05) is 23.2 Å². The average Bonchev–Trinajstić information content (AvgIpc) is 3.39. The Hall–Kier alpha value is -2.48. The molecule has 0 fully saturated rings. The number of ether oxygens (including phenoxy) is 1. The molecule has 162 valence electrons. The van der Waals surface area contributed by atoms with E-state index in [-0.39, 0.29) is 25.0 Å². The van der Waals surface area contributed by atoms with E-state index in [2.05, 4.69) is 10.6 Å². The van der Waals surface area contributed by atoms with E-state index in [0.29, 0.717) is 32.1 Å². The summed E-state index contributed by atoms with van der Waals surface area (Å²) in [7, 11) is 0. The van der Waals surface area contributed by atoms with Crippen LogP contribution in [0.4, 0.5) is 5.00 Å². The SMILES string of the molecule is O=C(COc1ccc(Cl)cc1Cl)Nc1sc2c(c1C(=O)NCc1ccco1)CCCC2. The number of hydrogen-bond donors (Lipinski definition) is 2. The first-order valence-electron chi connectivity index (χ1n) is 9.84. The van der Waals surface area contributed by atoms with Crippen molar-refractivity contribution in [2.45, 2.75) is 32.2 Å². The second-order valence-electron chi connectivity index (χ2n) is 7.09. The number of fused-ring (bicyclic) bond motifs is 1. The minimum Gasteiger partial charge on any atom is -0.482 e. The second-order valence-corrected chi connectivity index (χ2v) is 9.04.